The summed E-state index contributed by atoms with van der Waals surface area (Å²) in [4.78, 5) is 36.9. The standard InChI is InChI=1S/C22H24N2O5S/c1-29-17-10-8-15(9-11-17)14-19(24-20(25)16-6-4-3-5-7-16)21(26)23-18(22(27)28)12-13-30-2/h3-11,14,18H,12-13H2,1-2H3,(H,23,26)(H,24,25)(H,27,28)/b19-14+. The first kappa shape index (κ1) is 23.0. The lowest BCUT2D eigenvalue weighted by Gasteiger charge is -2.16. The average Bonchev–Trinajstić information content (AvgIpc) is 2.76. The number of rotatable bonds is 10. The van der Waals surface area contributed by atoms with Crippen LogP contribution < -0.4 is 15.4 Å². The van der Waals surface area contributed by atoms with Crippen LogP contribution in [-0.2, 0) is 9.59 Å². The molecule has 30 heavy (non-hydrogen) atoms. The lowest BCUT2D eigenvalue weighted by atomic mass is 10.1. The molecule has 0 aromatic heterocycles. The maximum Gasteiger partial charge on any atom is 0.326 e. The number of amides is 2. The Morgan fingerprint density at radius 3 is 2.33 bits per heavy atom. The number of methoxy groups -OCH3 is 1. The third-order valence-electron chi connectivity index (χ3n) is 4.17. The topological polar surface area (TPSA) is 105 Å². The van der Waals surface area contributed by atoms with Gasteiger partial charge in [0.2, 0.25) is 0 Å². The second-order valence-electron chi connectivity index (χ2n) is 6.30. The normalized spacial score (nSPS) is 12.0. The molecule has 158 valence electrons. The molecule has 2 aromatic carbocycles. The van der Waals surface area contributed by atoms with Gasteiger partial charge in [0.1, 0.15) is 17.5 Å². The van der Waals surface area contributed by atoms with Crippen LogP contribution in [0.2, 0.25) is 0 Å². The first-order valence-electron chi connectivity index (χ1n) is 9.19. The van der Waals surface area contributed by atoms with E-state index in [1.807, 2.05) is 6.26 Å². The van der Waals surface area contributed by atoms with E-state index >= 15 is 0 Å². The van der Waals surface area contributed by atoms with Gasteiger partial charge in [-0.1, -0.05) is 30.3 Å². The number of carbonyl (C=O) groups excluding carboxylic acids is 2. The molecule has 1 unspecified atom stereocenters. The van der Waals surface area contributed by atoms with Crippen LogP contribution in [0.15, 0.2) is 60.3 Å². The molecule has 0 aliphatic heterocycles. The largest absolute Gasteiger partial charge is 0.497 e. The SMILES string of the molecule is COc1ccc(/C=C(/NC(=O)c2ccccc2)C(=O)NC(CCSC)C(=O)O)cc1. The smallest absolute Gasteiger partial charge is 0.326 e. The lowest BCUT2D eigenvalue weighted by Crippen LogP contribution is -2.44. The van der Waals surface area contributed by atoms with Gasteiger partial charge in [0, 0.05) is 5.56 Å². The quantitative estimate of drug-likeness (QED) is 0.503. The van der Waals surface area contributed by atoms with Gasteiger partial charge in [0.25, 0.3) is 11.8 Å². The number of nitrogens with one attached hydrogen (secondary N) is 2. The molecular formula is C22H24N2O5S. The predicted molar refractivity (Wildman–Crippen MR) is 117 cm³/mol. The number of aliphatic carboxylic acids is 1. The van der Waals surface area contributed by atoms with E-state index in [2.05, 4.69) is 10.6 Å². The highest BCUT2D eigenvalue weighted by Gasteiger charge is 2.22. The Labute approximate surface area is 179 Å². The number of benzene rings is 2. The van der Waals surface area contributed by atoms with Crippen LogP contribution in [0.25, 0.3) is 6.08 Å². The van der Waals surface area contributed by atoms with Gasteiger partial charge in [-0.15, -0.1) is 0 Å². The molecule has 0 heterocycles. The van der Waals surface area contributed by atoms with Crippen LogP contribution in [0, 0.1) is 0 Å². The summed E-state index contributed by atoms with van der Waals surface area (Å²) in [6.45, 7) is 0. The molecule has 0 bridgehead atoms. The van der Waals surface area contributed by atoms with Crippen LogP contribution in [-0.4, -0.2) is 48.1 Å². The maximum atomic E-state index is 12.8. The Morgan fingerprint density at radius 2 is 1.77 bits per heavy atom. The number of hydrogen-bond acceptors (Lipinski definition) is 5. The number of thioether (sulfide) groups is 1. The van der Waals surface area contributed by atoms with Crippen LogP contribution in [0.4, 0.5) is 0 Å². The Kier molecular flexibility index (Phi) is 8.96. The second kappa shape index (κ2) is 11.7. The van der Waals surface area contributed by atoms with Gasteiger partial charge in [-0.3, -0.25) is 9.59 Å². The number of carbonyl (C=O) groups is 3. The van der Waals surface area contributed by atoms with Crippen molar-refractivity contribution in [2.45, 2.75) is 12.5 Å². The Balaban J connectivity index is 2.28. The van der Waals surface area contributed by atoms with E-state index in [1.54, 1.807) is 61.7 Å². The monoisotopic (exact) mass is 428 g/mol. The highest BCUT2D eigenvalue weighted by Crippen LogP contribution is 2.14. The molecule has 7 nitrogen and oxygen atoms in total. The van der Waals surface area contributed by atoms with Crippen molar-refractivity contribution in [3.8, 4) is 5.75 Å². The summed E-state index contributed by atoms with van der Waals surface area (Å²) < 4.78 is 5.12. The summed E-state index contributed by atoms with van der Waals surface area (Å²) >= 11 is 1.49. The van der Waals surface area contributed by atoms with Crippen LogP contribution in [0.5, 0.6) is 5.75 Å². The van der Waals surface area contributed by atoms with Gasteiger partial charge >= 0.3 is 5.97 Å². The Hall–Kier alpha value is -3.26. The van der Waals surface area contributed by atoms with E-state index in [9.17, 15) is 19.5 Å². The molecule has 0 saturated carbocycles. The Bertz CT molecular complexity index is 898. The summed E-state index contributed by atoms with van der Waals surface area (Å²) in [5.41, 5.74) is 0.970. The predicted octanol–water partition coefficient (Wildman–Crippen LogP) is 2.79. The molecule has 0 saturated heterocycles. The van der Waals surface area contributed by atoms with Crippen molar-refractivity contribution in [3.63, 3.8) is 0 Å². The van der Waals surface area contributed by atoms with Crippen LogP contribution in [0.1, 0.15) is 22.3 Å². The van der Waals surface area contributed by atoms with E-state index in [-0.39, 0.29) is 12.1 Å². The van der Waals surface area contributed by atoms with Crippen LogP contribution >= 0.6 is 11.8 Å². The van der Waals surface area contributed by atoms with Gasteiger partial charge < -0.3 is 20.5 Å². The fraction of sp³-hybridized carbons (Fsp3) is 0.227. The summed E-state index contributed by atoms with van der Waals surface area (Å²) in [5.74, 6) is -1.05. The van der Waals surface area contributed by atoms with E-state index in [0.29, 0.717) is 22.6 Å². The molecule has 0 aliphatic rings. The molecule has 8 heteroatoms. The first-order chi connectivity index (χ1) is 14.4. The zero-order valence-electron chi connectivity index (χ0n) is 16.8. The molecule has 2 aromatic rings. The molecule has 2 amide bonds. The molecule has 3 N–H and O–H groups in total. The van der Waals surface area contributed by atoms with E-state index in [4.69, 9.17) is 4.74 Å². The molecule has 0 radical (unpaired) electrons. The Morgan fingerprint density at radius 1 is 1.10 bits per heavy atom. The lowest BCUT2D eigenvalue weighted by molar-refractivity contribution is -0.141. The second-order valence-corrected chi connectivity index (χ2v) is 7.28. The van der Waals surface area contributed by atoms with Crippen molar-refractivity contribution in [2.75, 3.05) is 19.1 Å². The first-order valence-corrected chi connectivity index (χ1v) is 10.6. The fourth-order valence-electron chi connectivity index (χ4n) is 2.54. The van der Waals surface area contributed by atoms with Crippen molar-refractivity contribution in [1.29, 1.82) is 0 Å². The summed E-state index contributed by atoms with van der Waals surface area (Å²) in [7, 11) is 1.55. The molecule has 0 fully saturated rings. The van der Waals surface area contributed by atoms with Crippen molar-refractivity contribution in [2.24, 2.45) is 0 Å². The van der Waals surface area contributed by atoms with Crippen molar-refractivity contribution >= 4 is 35.6 Å². The van der Waals surface area contributed by atoms with E-state index in [0.717, 1.165) is 0 Å². The molecular weight excluding hydrogens is 404 g/mol. The van der Waals surface area contributed by atoms with Gasteiger partial charge in [-0.2, -0.15) is 11.8 Å². The summed E-state index contributed by atoms with van der Waals surface area (Å²) in [6.07, 6.45) is 3.61. The molecule has 0 aliphatic carbocycles. The highest BCUT2D eigenvalue weighted by molar-refractivity contribution is 7.98. The third-order valence-corrected chi connectivity index (χ3v) is 4.81. The van der Waals surface area contributed by atoms with Gasteiger partial charge in [-0.05, 0) is 54.3 Å². The van der Waals surface area contributed by atoms with Crippen molar-refractivity contribution in [3.05, 3.63) is 71.4 Å². The van der Waals surface area contributed by atoms with E-state index < -0.39 is 23.8 Å². The van der Waals surface area contributed by atoms with E-state index in [1.165, 1.54) is 17.8 Å². The average molecular weight is 429 g/mol. The summed E-state index contributed by atoms with van der Waals surface area (Å²) in [5, 5.41) is 14.5. The minimum Gasteiger partial charge on any atom is -0.497 e. The van der Waals surface area contributed by atoms with Gasteiger partial charge in [-0.25, -0.2) is 4.79 Å². The third kappa shape index (κ3) is 6.97. The van der Waals surface area contributed by atoms with Gasteiger partial charge in [0.05, 0.1) is 7.11 Å². The number of carboxylic acid groups (broad SMARTS) is 1. The van der Waals surface area contributed by atoms with Crippen molar-refractivity contribution < 1.29 is 24.2 Å². The fourth-order valence-corrected chi connectivity index (χ4v) is 3.01. The zero-order chi connectivity index (χ0) is 21.9. The highest BCUT2D eigenvalue weighted by atomic mass is 32.2. The molecule has 0 spiro atoms. The summed E-state index contributed by atoms with van der Waals surface area (Å²) in [6, 6.07) is 14.3. The minimum absolute atomic E-state index is 0.0515. The number of ether oxygens (including phenoxy) is 1. The minimum atomic E-state index is -1.13. The molecule has 2 rings (SSSR count). The zero-order valence-corrected chi connectivity index (χ0v) is 17.6. The number of hydrogen-bond donors (Lipinski definition) is 3. The van der Waals surface area contributed by atoms with Gasteiger partial charge in [0.15, 0.2) is 0 Å². The van der Waals surface area contributed by atoms with Crippen molar-refractivity contribution in [1.82, 2.24) is 10.6 Å². The van der Waals surface area contributed by atoms with Crippen LogP contribution in [0.3, 0.4) is 0 Å². The molecule has 1 atom stereocenters. The maximum absolute atomic E-state index is 12.8. The number of carboxylic acids is 1.